The zero-order valence-corrected chi connectivity index (χ0v) is 12.8. The van der Waals surface area contributed by atoms with Crippen molar-refractivity contribution in [2.75, 3.05) is 11.9 Å². The average molecular weight is 312 g/mol. The Morgan fingerprint density at radius 1 is 1.58 bits per heavy atom. The minimum Gasteiger partial charge on any atom is -0.389 e. The van der Waals surface area contributed by atoms with E-state index in [9.17, 15) is 0 Å². The van der Waals surface area contributed by atoms with Crippen LogP contribution in [0.4, 0.5) is 5.69 Å². The number of thiocarbonyl (C=S) groups is 1. The largest absolute Gasteiger partial charge is 0.389 e. The molecule has 3 nitrogen and oxygen atoms in total. The van der Waals surface area contributed by atoms with Crippen LogP contribution in [0, 0.1) is 0 Å². The molecule has 0 fully saturated rings. The second-order valence-electron chi connectivity index (χ2n) is 4.21. The maximum absolute atomic E-state index is 6.19. The number of thiazole rings is 1. The van der Waals surface area contributed by atoms with E-state index in [1.54, 1.807) is 17.4 Å². The normalized spacial score (nSPS) is 12.1. The summed E-state index contributed by atoms with van der Waals surface area (Å²) in [5.74, 6) is 0.339. The molecule has 0 amide bonds. The van der Waals surface area contributed by atoms with Gasteiger partial charge in [0, 0.05) is 29.6 Å². The minimum atomic E-state index is 0.339. The average Bonchev–Trinajstić information content (AvgIpc) is 2.90. The first-order valence-electron chi connectivity index (χ1n) is 5.80. The summed E-state index contributed by atoms with van der Waals surface area (Å²) in [6, 6.07) is 5.54. The van der Waals surface area contributed by atoms with Crippen molar-refractivity contribution in [3.8, 4) is 0 Å². The number of benzene rings is 1. The Kier molecular flexibility index (Phi) is 4.74. The van der Waals surface area contributed by atoms with Crippen LogP contribution in [0.3, 0.4) is 0 Å². The number of hydrogen-bond donors (Lipinski definition) is 2. The Balaban J connectivity index is 2.02. The lowest BCUT2D eigenvalue weighted by molar-refractivity contribution is 0.795. The van der Waals surface area contributed by atoms with Crippen LogP contribution < -0.4 is 11.1 Å². The van der Waals surface area contributed by atoms with Gasteiger partial charge in [-0.25, -0.2) is 4.98 Å². The fourth-order valence-corrected chi connectivity index (χ4v) is 2.71. The van der Waals surface area contributed by atoms with Crippen molar-refractivity contribution in [3.63, 3.8) is 0 Å². The van der Waals surface area contributed by atoms with Gasteiger partial charge in [-0.3, -0.25) is 0 Å². The fourth-order valence-electron chi connectivity index (χ4n) is 1.64. The topological polar surface area (TPSA) is 50.9 Å². The number of nitrogens with two attached hydrogens (primary N) is 1. The number of anilines is 1. The van der Waals surface area contributed by atoms with E-state index in [-0.39, 0.29) is 0 Å². The van der Waals surface area contributed by atoms with Gasteiger partial charge in [0.15, 0.2) is 0 Å². The summed E-state index contributed by atoms with van der Waals surface area (Å²) in [5, 5.41) is 7.04. The number of nitrogens with zero attached hydrogens (tertiary/aromatic N) is 1. The highest BCUT2D eigenvalue weighted by Crippen LogP contribution is 2.25. The molecule has 0 radical (unpaired) electrons. The molecule has 0 saturated heterocycles. The van der Waals surface area contributed by atoms with Crippen LogP contribution in [-0.4, -0.2) is 16.5 Å². The Labute approximate surface area is 126 Å². The summed E-state index contributed by atoms with van der Waals surface area (Å²) in [7, 11) is 0. The van der Waals surface area contributed by atoms with Crippen molar-refractivity contribution in [1.29, 1.82) is 0 Å². The Morgan fingerprint density at radius 3 is 2.95 bits per heavy atom. The van der Waals surface area contributed by atoms with Gasteiger partial charge in [0.05, 0.1) is 15.7 Å². The Hall–Kier alpha value is -1.17. The quantitative estimate of drug-likeness (QED) is 0.828. The summed E-state index contributed by atoms with van der Waals surface area (Å²) in [6.45, 7) is 2.91. The predicted octanol–water partition coefficient (Wildman–Crippen LogP) is 3.65. The zero-order chi connectivity index (χ0) is 13.8. The standard InChI is InChI=1S/C13H14ClN3S2/c1-8(13-16-4-5-19-13)7-17-11-3-2-9(12(15)18)6-10(11)14/h2-6,8,17H,7H2,1H3,(H2,15,18). The fraction of sp³-hybridized carbons (Fsp3) is 0.231. The van der Waals surface area contributed by atoms with E-state index >= 15 is 0 Å². The molecule has 1 aromatic heterocycles. The van der Waals surface area contributed by atoms with Gasteiger partial charge >= 0.3 is 0 Å². The smallest absolute Gasteiger partial charge is 0.104 e. The van der Waals surface area contributed by atoms with Crippen LogP contribution in [0.15, 0.2) is 29.8 Å². The van der Waals surface area contributed by atoms with E-state index in [0.29, 0.717) is 15.9 Å². The molecule has 1 heterocycles. The van der Waals surface area contributed by atoms with Gasteiger partial charge < -0.3 is 11.1 Å². The third-order valence-corrected chi connectivity index (χ3v) is 4.28. The van der Waals surface area contributed by atoms with E-state index in [1.807, 2.05) is 23.7 Å². The van der Waals surface area contributed by atoms with Crippen LogP contribution >= 0.6 is 35.2 Å². The molecule has 0 aliphatic rings. The summed E-state index contributed by atoms with van der Waals surface area (Å²) in [6.07, 6.45) is 1.82. The van der Waals surface area contributed by atoms with E-state index in [0.717, 1.165) is 22.8 Å². The molecule has 1 aromatic carbocycles. The van der Waals surface area contributed by atoms with Gasteiger partial charge in [-0.15, -0.1) is 11.3 Å². The van der Waals surface area contributed by atoms with Crippen LogP contribution in [0.1, 0.15) is 23.4 Å². The summed E-state index contributed by atoms with van der Waals surface area (Å²) < 4.78 is 0. The Bertz CT molecular complexity index is 569. The molecule has 3 N–H and O–H groups in total. The molecule has 19 heavy (non-hydrogen) atoms. The molecule has 1 atom stereocenters. The van der Waals surface area contributed by atoms with Crippen LogP contribution in [0.25, 0.3) is 0 Å². The van der Waals surface area contributed by atoms with Crippen molar-refractivity contribution < 1.29 is 0 Å². The highest BCUT2D eigenvalue weighted by Gasteiger charge is 2.09. The molecule has 100 valence electrons. The monoisotopic (exact) mass is 311 g/mol. The molecule has 0 saturated carbocycles. The van der Waals surface area contributed by atoms with Crippen molar-refractivity contribution in [2.24, 2.45) is 5.73 Å². The van der Waals surface area contributed by atoms with Gasteiger partial charge in [-0.2, -0.15) is 0 Å². The first kappa shape index (κ1) is 14.2. The zero-order valence-electron chi connectivity index (χ0n) is 10.4. The van der Waals surface area contributed by atoms with Crippen LogP contribution in [0.2, 0.25) is 5.02 Å². The maximum Gasteiger partial charge on any atom is 0.104 e. The van der Waals surface area contributed by atoms with Crippen molar-refractivity contribution in [1.82, 2.24) is 4.98 Å². The molecule has 0 aliphatic heterocycles. The van der Waals surface area contributed by atoms with Crippen LogP contribution in [-0.2, 0) is 0 Å². The van der Waals surface area contributed by atoms with Crippen molar-refractivity contribution in [2.45, 2.75) is 12.8 Å². The third-order valence-electron chi connectivity index (χ3n) is 2.73. The number of aromatic nitrogens is 1. The van der Waals surface area contributed by atoms with Crippen LogP contribution in [0.5, 0.6) is 0 Å². The summed E-state index contributed by atoms with van der Waals surface area (Å²) >= 11 is 12.8. The summed E-state index contributed by atoms with van der Waals surface area (Å²) in [5.41, 5.74) is 7.22. The third kappa shape index (κ3) is 3.65. The lowest BCUT2D eigenvalue weighted by Crippen LogP contribution is -2.12. The maximum atomic E-state index is 6.19. The first-order chi connectivity index (χ1) is 9.08. The molecule has 0 spiro atoms. The lowest BCUT2D eigenvalue weighted by atomic mass is 10.1. The van der Waals surface area contributed by atoms with Gasteiger partial charge in [0.2, 0.25) is 0 Å². The highest BCUT2D eigenvalue weighted by atomic mass is 35.5. The first-order valence-corrected chi connectivity index (χ1v) is 7.47. The minimum absolute atomic E-state index is 0.339. The number of hydrogen-bond acceptors (Lipinski definition) is 4. The molecule has 0 bridgehead atoms. The molecular formula is C13H14ClN3S2. The molecule has 2 rings (SSSR count). The number of rotatable bonds is 5. The molecule has 2 aromatic rings. The molecule has 1 unspecified atom stereocenters. The van der Waals surface area contributed by atoms with Gasteiger partial charge in [-0.05, 0) is 18.2 Å². The van der Waals surface area contributed by atoms with E-state index in [1.165, 1.54) is 0 Å². The van der Waals surface area contributed by atoms with E-state index < -0.39 is 0 Å². The SMILES string of the molecule is CC(CNc1ccc(C(N)=S)cc1Cl)c1nccs1. The van der Waals surface area contributed by atoms with E-state index in [4.69, 9.17) is 29.6 Å². The van der Waals surface area contributed by atoms with Gasteiger partial charge in [0.1, 0.15) is 4.99 Å². The van der Waals surface area contributed by atoms with Crippen molar-refractivity contribution in [3.05, 3.63) is 45.4 Å². The van der Waals surface area contributed by atoms with E-state index in [2.05, 4.69) is 17.2 Å². The van der Waals surface area contributed by atoms with Gasteiger partial charge in [0.25, 0.3) is 0 Å². The summed E-state index contributed by atoms with van der Waals surface area (Å²) in [4.78, 5) is 4.65. The number of halogens is 1. The number of nitrogens with one attached hydrogen (secondary N) is 1. The molecular weight excluding hydrogens is 298 g/mol. The van der Waals surface area contributed by atoms with Crippen molar-refractivity contribution >= 4 is 45.8 Å². The molecule has 0 aliphatic carbocycles. The highest BCUT2D eigenvalue weighted by molar-refractivity contribution is 7.80. The predicted molar refractivity (Wildman–Crippen MR) is 86.4 cm³/mol. The lowest BCUT2D eigenvalue weighted by Gasteiger charge is -2.13. The van der Waals surface area contributed by atoms with Gasteiger partial charge in [-0.1, -0.05) is 30.7 Å². The molecule has 6 heteroatoms. The second kappa shape index (κ2) is 6.32. The second-order valence-corrected chi connectivity index (χ2v) is 5.98. The Morgan fingerprint density at radius 2 is 2.37 bits per heavy atom.